The quantitative estimate of drug-likeness (QED) is 0.724. The van der Waals surface area contributed by atoms with Gasteiger partial charge in [0.15, 0.2) is 0 Å². The molecule has 1 amide bonds. The molecule has 16 heavy (non-hydrogen) atoms. The minimum atomic E-state index is 0.186. The van der Waals surface area contributed by atoms with Crippen LogP contribution in [-0.4, -0.2) is 23.4 Å². The highest BCUT2D eigenvalue weighted by Crippen LogP contribution is 2.19. The molecule has 1 heterocycles. The van der Waals surface area contributed by atoms with Gasteiger partial charge in [-0.3, -0.25) is 4.79 Å². The second kappa shape index (κ2) is 5.17. The summed E-state index contributed by atoms with van der Waals surface area (Å²) < 4.78 is 1.12. The van der Waals surface area contributed by atoms with E-state index in [1.54, 1.807) is 0 Å². The third-order valence-electron chi connectivity index (χ3n) is 3.14. The number of rotatable bonds is 1. The van der Waals surface area contributed by atoms with Gasteiger partial charge in [-0.05, 0) is 67.0 Å². The highest BCUT2D eigenvalue weighted by Gasteiger charge is 2.23. The topological polar surface area (TPSA) is 20.3 Å². The van der Waals surface area contributed by atoms with Crippen molar-refractivity contribution in [1.82, 2.24) is 4.90 Å². The second-order valence-electron chi connectivity index (χ2n) is 4.35. The molecule has 1 saturated heterocycles. The zero-order valence-electron chi connectivity index (χ0n) is 9.45. The Hall–Kier alpha value is -0.580. The molecule has 0 spiro atoms. The zero-order chi connectivity index (χ0) is 11.5. The normalized spacial score (nSPS) is 20.9. The first-order valence-electron chi connectivity index (χ1n) is 5.75. The molecule has 1 aromatic carbocycles. The van der Waals surface area contributed by atoms with Crippen molar-refractivity contribution in [3.63, 3.8) is 0 Å². The first-order valence-corrected chi connectivity index (χ1v) is 6.83. The van der Waals surface area contributed by atoms with Gasteiger partial charge in [-0.1, -0.05) is 6.07 Å². The number of carbonyl (C=O) groups is 1. The number of likely N-dealkylation sites (tertiary alicyclic amines) is 1. The summed E-state index contributed by atoms with van der Waals surface area (Å²) in [4.78, 5) is 14.3. The van der Waals surface area contributed by atoms with Gasteiger partial charge in [0.25, 0.3) is 5.91 Å². The van der Waals surface area contributed by atoms with E-state index in [1.807, 2.05) is 29.2 Å². The summed E-state index contributed by atoms with van der Waals surface area (Å²) >= 11 is 2.24. The van der Waals surface area contributed by atoms with Gasteiger partial charge < -0.3 is 4.90 Å². The van der Waals surface area contributed by atoms with Gasteiger partial charge in [0.05, 0.1) is 0 Å². The summed E-state index contributed by atoms with van der Waals surface area (Å²) in [5, 5.41) is 0. The van der Waals surface area contributed by atoms with Crippen molar-refractivity contribution in [3.8, 4) is 0 Å². The van der Waals surface area contributed by atoms with Crippen molar-refractivity contribution >= 4 is 28.5 Å². The van der Waals surface area contributed by atoms with Gasteiger partial charge in [0, 0.05) is 21.7 Å². The Morgan fingerprint density at radius 2 is 2.25 bits per heavy atom. The molecule has 3 heteroatoms. The third-order valence-corrected chi connectivity index (χ3v) is 3.81. The van der Waals surface area contributed by atoms with Crippen molar-refractivity contribution in [3.05, 3.63) is 33.4 Å². The average molecular weight is 329 g/mol. The Kier molecular flexibility index (Phi) is 3.84. The van der Waals surface area contributed by atoms with Crippen LogP contribution in [0.25, 0.3) is 0 Å². The Bertz CT molecular complexity index is 391. The third kappa shape index (κ3) is 2.56. The van der Waals surface area contributed by atoms with E-state index in [4.69, 9.17) is 0 Å². The molecule has 1 atom stereocenters. The van der Waals surface area contributed by atoms with Gasteiger partial charge in [0.1, 0.15) is 0 Å². The highest BCUT2D eigenvalue weighted by molar-refractivity contribution is 14.1. The largest absolute Gasteiger partial charge is 0.336 e. The molecule has 0 saturated carbocycles. The van der Waals surface area contributed by atoms with Crippen LogP contribution in [0.1, 0.15) is 36.5 Å². The van der Waals surface area contributed by atoms with Crippen LogP contribution < -0.4 is 0 Å². The van der Waals surface area contributed by atoms with Crippen molar-refractivity contribution in [2.24, 2.45) is 0 Å². The van der Waals surface area contributed by atoms with Gasteiger partial charge in [-0.15, -0.1) is 0 Å². The lowest BCUT2D eigenvalue weighted by atomic mass is 10.0. The van der Waals surface area contributed by atoms with Crippen molar-refractivity contribution < 1.29 is 4.79 Å². The molecule has 0 aromatic heterocycles. The van der Waals surface area contributed by atoms with Crippen LogP contribution in [-0.2, 0) is 0 Å². The Balaban J connectivity index is 2.17. The van der Waals surface area contributed by atoms with E-state index in [2.05, 4.69) is 29.5 Å². The SMILES string of the molecule is CC1CCCCN1C(=O)c1cccc(I)c1. The van der Waals surface area contributed by atoms with E-state index >= 15 is 0 Å². The fraction of sp³-hybridized carbons (Fsp3) is 0.462. The van der Waals surface area contributed by atoms with Crippen LogP contribution in [0.4, 0.5) is 0 Å². The minimum Gasteiger partial charge on any atom is -0.336 e. The molecule has 1 aliphatic rings. The van der Waals surface area contributed by atoms with Crippen LogP contribution in [0, 0.1) is 3.57 Å². The number of halogens is 1. The molecule has 1 fully saturated rings. The summed E-state index contributed by atoms with van der Waals surface area (Å²) in [6.07, 6.45) is 3.52. The number of carbonyl (C=O) groups excluding carboxylic acids is 1. The molecule has 0 radical (unpaired) electrons. The van der Waals surface area contributed by atoms with Crippen LogP contribution >= 0.6 is 22.6 Å². The van der Waals surface area contributed by atoms with Crippen molar-refractivity contribution in [2.75, 3.05) is 6.54 Å². The highest BCUT2D eigenvalue weighted by atomic mass is 127. The summed E-state index contributed by atoms with van der Waals surface area (Å²) in [6.45, 7) is 3.05. The number of hydrogen-bond donors (Lipinski definition) is 0. The zero-order valence-corrected chi connectivity index (χ0v) is 11.6. The van der Waals surface area contributed by atoms with Crippen molar-refractivity contribution in [2.45, 2.75) is 32.2 Å². The Morgan fingerprint density at radius 3 is 2.94 bits per heavy atom. The molecule has 0 aliphatic carbocycles. The second-order valence-corrected chi connectivity index (χ2v) is 5.60. The minimum absolute atomic E-state index is 0.186. The molecule has 1 unspecified atom stereocenters. The Morgan fingerprint density at radius 1 is 1.44 bits per heavy atom. The van der Waals surface area contributed by atoms with E-state index in [1.165, 1.54) is 6.42 Å². The van der Waals surface area contributed by atoms with E-state index in [9.17, 15) is 4.79 Å². The smallest absolute Gasteiger partial charge is 0.254 e. The number of hydrogen-bond acceptors (Lipinski definition) is 1. The van der Waals surface area contributed by atoms with Gasteiger partial charge in [0.2, 0.25) is 0 Å². The number of benzene rings is 1. The Labute approximate surface area is 110 Å². The van der Waals surface area contributed by atoms with Crippen molar-refractivity contribution in [1.29, 1.82) is 0 Å². The predicted molar refractivity (Wildman–Crippen MR) is 73.5 cm³/mol. The van der Waals surface area contributed by atoms with E-state index in [0.29, 0.717) is 6.04 Å². The first-order chi connectivity index (χ1) is 7.68. The van der Waals surface area contributed by atoms with Crippen LogP contribution in [0.2, 0.25) is 0 Å². The fourth-order valence-electron chi connectivity index (χ4n) is 2.19. The summed E-state index contributed by atoms with van der Waals surface area (Å²) in [7, 11) is 0. The van der Waals surface area contributed by atoms with Crippen LogP contribution in [0.3, 0.4) is 0 Å². The maximum Gasteiger partial charge on any atom is 0.254 e. The first kappa shape index (κ1) is 11.9. The lowest BCUT2D eigenvalue weighted by molar-refractivity contribution is 0.0635. The molecule has 1 aromatic rings. The van der Waals surface area contributed by atoms with Gasteiger partial charge in [-0.2, -0.15) is 0 Å². The van der Waals surface area contributed by atoms with Crippen LogP contribution in [0.15, 0.2) is 24.3 Å². The molecule has 0 bridgehead atoms. The molecule has 0 N–H and O–H groups in total. The lowest BCUT2D eigenvalue weighted by Crippen LogP contribution is -2.42. The molecule has 1 aliphatic heterocycles. The number of piperidine rings is 1. The molecule has 86 valence electrons. The van der Waals surface area contributed by atoms with Gasteiger partial charge in [-0.25, -0.2) is 0 Å². The molecular weight excluding hydrogens is 313 g/mol. The maximum absolute atomic E-state index is 12.3. The lowest BCUT2D eigenvalue weighted by Gasteiger charge is -2.33. The van der Waals surface area contributed by atoms with E-state index < -0.39 is 0 Å². The number of nitrogens with zero attached hydrogens (tertiary/aromatic N) is 1. The monoisotopic (exact) mass is 329 g/mol. The summed E-state index contributed by atoms with van der Waals surface area (Å²) in [5.41, 5.74) is 0.820. The van der Waals surface area contributed by atoms with Crippen LogP contribution in [0.5, 0.6) is 0 Å². The average Bonchev–Trinajstić information content (AvgIpc) is 2.29. The van der Waals surface area contributed by atoms with E-state index in [0.717, 1.165) is 28.5 Å². The number of amides is 1. The summed E-state index contributed by atoms with van der Waals surface area (Å²) in [5.74, 6) is 0.186. The summed E-state index contributed by atoms with van der Waals surface area (Å²) in [6, 6.07) is 8.22. The van der Waals surface area contributed by atoms with E-state index in [-0.39, 0.29) is 5.91 Å². The predicted octanol–water partition coefficient (Wildman–Crippen LogP) is 3.31. The maximum atomic E-state index is 12.3. The molecular formula is C13H16INO. The van der Waals surface area contributed by atoms with Gasteiger partial charge >= 0.3 is 0 Å². The molecule has 2 nitrogen and oxygen atoms in total. The fourth-order valence-corrected chi connectivity index (χ4v) is 2.73. The molecule has 2 rings (SSSR count). The standard InChI is InChI=1S/C13H16INO/c1-10-5-2-3-8-15(10)13(16)11-6-4-7-12(14)9-11/h4,6-7,9-10H,2-3,5,8H2,1H3.